The third-order valence-electron chi connectivity index (χ3n) is 2.11. The number of ether oxygens (including phenoxy) is 2. The molecule has 6 heteroatoms. The maximum absolute atomic E-state index is 11.1. The van der Waals surface area contributed by atoms with Crippen LogP contribution in [0.15, 0.2) is 18.2 Å². The van der Waals surface area contributed by atoms with E-state index in [0.29, 0.717) is 19.6 Å². The highest BCUT2D eigenvalue weighted by Crippen LogP contribution is 2.37. The molecule has 0 fully saturated rings. The number of nitro benzene ring substituents is 1. The summed E-state index contributed by atoms with van der Waals surface area (Å²) in [4.78, 5) is 10.6. The van der Waals surface area contributed by atoms with Gasteiger partial charge in [-0.3, -0.25) is 10.1 Å². The van der Waals surface area contributed by atoms with E-state index in [-0.39, 0.29) is 23.3 Å². The van der Waals surface area contributed by atoms with Crippen LogP contribution in [0.2, 0.25) is 0 Å². The first kappa shape index (κ1) is 14.2. The van der Waals surface area contributed by atoms with Crippen molar-refractivity contribution in [1.29, 1.82) is 0 Å². The minimum atomic E-state index is -0.491. The summed E-state index contributed by atoms with van der Waals surface area (Å²) >= 11 is 0. The molecule has 0 saturated carbocycles. The summed E-state index contributed by atoms with van der Waals surface area (Å²) < 4.78 is 10.8. The number of benzene rings is 1. The van der Waals surface area contributed by atoms with Crippen molar-refractivity contribution in [2.45, 2.75) is 26.4 Å². The zero-order chi connectivity index (χ0) is 13.5. The summed E-state index contributed by atoms with van der Waals surface area (Å²) in [6.45, 7) is 4.45. The first-order valence-corrected chi connectivity index (χ1v) is 5.83. The van der Waals surface area contributed by atoms with Crippen molar-refractivity contribution in [1.82, 2.24) is 0 Å². The van der Waals surface area contributed by atoms with Crippen molar-refractivity contribution in [3.8, 4) is 11.5 Å². The molecular weight excluding hydrogens is 236 g/mol. The lowest BCUT2D eigenvalue weighted by molar-refractivity contribution is -0.387. The Labute approximate surface area is 106 Å². The first-order valence-electron chi connectivity index (χ1n) is 5.83. The van der Waals surface area contributed by atoms with Gasteiger partial charge < -0.3 is 15.2 Å². The minimum Gasteiger partial charge on any atom is -0.487 e. The number of para-hydroxylation sites is 1. The second-order valence-electron chi connectivity index (χ2n) is 4.02. The van der Waals surface area contributed by atoms with Crippen LogP contribution in [-0.4, -0.2) is 24.2 Å². The van der Waals surface area contributed by atoms with Gasteiger partial charge in [-0.25, -0.2) is 0 Å². The van der Waals surface area contributed by atoms with Gasteiger partial charge in [-0.1, -0.05) is 6.07 Å². The molecule has 0 unspecified atom stereocenters. The maximum Gasteiger partial charge on any atom is 0.352 e. The molecule has 0 aliphatic heterocycles. The lowest BCUT2D eigenvalue weighted by Gasteiger charge is -2.12. The van der Waals surface area contributed by atoms with E-state index in [1.54, 1.807) is 18.2 Å². The quantitative estimate of drug-likeness (QED) is 0.457. The number of nitro groups is 1. The van der Waals surface area contributed by atoms with Gasteiger partial charge in [-0.05, 0) is 38.9 Å². The van der Waals surface area contributed by atoms with Crippen LogP contribution in [0.1, 0.15) is 20.3 Å². The SMILES string of the molecule is CC(C)Oc1cccc(OCCCN)c1[N+](=O)[O-]. The van der Waals surface area contributed by atoms with E-state index in [1.807, 2.05) is 13.8 Å². The lowest BCUT2D eigenvalue weighted by Crippen LogP contribution is -2.10. The average Bonchev–Trinajstić information content (AvgIpc) is 2.28. The molecular formula is C12H18N2O4. The zero-order valence-electron chi connectivity index (χ0n) is 10.6. The molecule has 0 aliphatic carbocycles. The topological polar surface area (TPSA) is 87.6 Å². The zero-order valence-corrected chi connectivity index (χ0v) is 10.6. The van der Waals surface area contributed by atoms with Crippen LogP contribution in [0.3, 0.4) is 0 Å². The van der Waals surface area contributed by atoms with Gasteiger partial charge in [0.25, 0.3) is 0 Å². The van der Waals surface area contributed by atoms with Gasteiger partial charge in [-0.2, -0.15) is 0 Å². The molecule has 1 aromatic rings. The predicted molar refractivity (Wildman–Crippen MR) is 68.0 cm³/mol. The summed E-state index contributed by atoms with van der Waals surface area (Å²) in [6, 6.07) is 4.79. The molecule has 0 spiro atoms. The molecule has 1 rings (SSSR count). The highest BCUT2D eigenvalue weighted by Gasteiger charge is 2.22. The molecule has 0 saturated heterocycles. The Morgan fingerprint density at radius 2 is 2.06 bits per heavy atom. The molecule has 0 aromatic heterocycles. The van der Waals surface area contributed by atoms with Crippen LogP contribution in [0.25, 0.3) is 0 Å². The Hall–Kier alpha value is -1.82. The summed E-state index contributed by atoms with van der Waals surface area (Å²) in [6.07, 6.45) is 0.509. The molecule has 0 radical (unpaired) electrons. The Kier molecular flexibility index (Phi) is 5.38. The fourth-order valence-electron chi connectivity index (χ4n) is 1.41. The summed E-state index contributed by atoms with van der Waals surface area (Å²) in [7, 11) is 0. The number of nitrogens with zero attached hydrogens (tertiary/aromatic N) is 1. The van der Waals surface area contributed by atoms with E-state index in [4.69, 9.17) is 15.2 Å². The molecule has 100 valence electrons. The van der Waals surface area contributed by atoms with Crippen molar-refractivity contribution >= 4 is 5.69 Å². The molecule has 0 bridgehead atoms. The Bertz CT molecular complexity index is 407. The number of nitrogens with two attached hydrogens (primary N) is 1. The van der Waals surface area contributed by atoms with E-state index in [9.17, 15) is 10.1 Å². The smallest absolute Gasteiger partial charge is 0.352 e. The van der Waals surface area contributed by atoms with Gasteiger partial charge in [0.15, 0.2) is 0 Å². The fourth-order valence-corrected chi connectivity index (χ4v) is 1.41. The van der Waals surface area contributed by atoms with E-state index in [1.165, 1.54) is 0 Å². The van der Waals surface area contributed by atoms with Crippen LogP contribution in [-0.2, 0) is 0 Å². The third-order valence-corrected chi connectivity index (χ3v) is 2.11. The number of hydrogen-bond donors (Lipinski definition) is 1. The van der Waals surface area contributed by atoms with Gasteiger partial charge in [-0.15, -0.1) is 0 Å². The van der Waals surface area contributed by atoms with Gasteiger partial charge in [0.2, 0.25) is 11.5 Å². The van der Waals surface area contributed by atoms with Gasteiger partial charge in [0, 0.05) is 0 Å². The summed E-state index contributed by atoms with van der Waals surface area (Å²) in [5.74, 6) is 0.437. The summed E-state index contributed by atoms with van der Waals surface area (Å²) in [5.41, 5.74) is 5.21. The van der Waals surface area contributed by atoms with Crippen LogP contribution in [0.4, 0.5) is 5.69 Å². The van der Waals surface area contributed by atoms with Gasteiger partial charge in [0.1, 0.15) is 0 Å². The Morgan fingerprint density at radius 3 is 2.61 bits per heavy atom. The third kappa shape index (κ3) is 3.89. The van der Waals surface area contributed by atoms with Gasteiger partial charge >= 0.3 is 5.69 Å². The second-order valence-corrected chi connectivity index (χ2v) is 4.02. The van der Waals surface area contributed by atoms with Gasteiger partial charge in [0.05, 0.1) is 17.6 Å². The largest absolute Gasteiger partial charge is 0.487 e. The molecule has 0 aliphatic rings. The summed E-state index contributed by atoms with van der Waals surface area (Å²) in [5, 5.41) is 11.1. The Balaban J connectivity index is 2.98. The van der Waals surface area contributed by atoms with E-state index in [2.05, 4.69) is 0 Å². The fraction of sp³-hybridized carbons (Fsp3) is 0.500. The second kappa shape index (κ2) is 6.80. The number of hydrogen-bond acceptors (Lipinski definition) is 5. The molecule has 0 heterocycles. The molecule has 6 nitrogen and oxygen atoms in total. The first-order chi connectivity index (χ1) is 8.56. The maximum atomic E-state index is 11.1. The van der Waals surface area contributed by atoms with Crippen molar-refractivity contribution in [2.75, 3.05) is 13.2 Å². The average molecular weight is 254 g/mol. The van der Waals surface area contributed by atoms with E-state index >= 15 is 0 Å². The van der Waals surface area contributed by atoms with Crippen LogP contribution < -0.4 is 15.2 Å². The highest BCUT2D eigenvalue weighted by molar-refractivity contribution is 5.57. The van der Waals surface area contributed by atoms with Crippen LogP contribution in [0.5, 0.6) is 11.5 Å². The van der Waals surface area contributed by atoms with Crippen molar-refractivity contribution in [3.63, 3.8) is 0 Å². The van der Waals surface area contributed by atoms with Crippen LogP contribution in [0, 0.1) is 10.1 Å². The van der Waals surface area contributed by atoms with E-state index < -0.39 is 4.92 Å². The number of rotatable bonds is 7. The molecule has 18 heavy (non-hydrogen) atoms. The minimum absolute atomic E-state index is 0.136. The van der Waals surface area contributed by atoms with Crippen molar-refractivity contribution < 1.29 is 14.4 Å². The molecule has 0 atom stereocenters. The molecule has 2 N–H and O–H groups in total. The van der Waals surface area contributed by atoms with Crippen molar-refractivity contribution in [3.05, 3.63) is 28.3 Å². The monoisotopic (exact) mass is 254 g/mol. The molecule has 1 aromatic carbocycles. The van der Waals surface area contributed by atoms with Crippen molar-refractivity contribution in [2.24, 2.45) is 5.73 Å². The Morgan fingerprint density at radius 1 is 1.39 bits per heavy atom. The standard InChI is InChI=1S/C12H18N2O4/c1-9(2)18-11-6-3-5-10(12(11)14(15)16)17-8-4-7-13/h3,5-6,9H,4,7-8,13H2,1-2H3. The predicted octanol–water partition coefficient (Wildman–Crippen LogP) is 2.11. The lowest BCUT2D eigenvalue weighted by atomic mass is 10.2. The molecule has 0 amide bonds. The van der Waals surface area contributed by atoms with Crippen LogP contribution >= 0.6 is 0 Å². The highest BCUT2D eigenvalue weighted by atomic mass is 16.6. The van der Waals surface area contributed by atoms with E-state index in [0.717, 1.165) is 0 Å². The normalized spacial score (nSPS) is 10.4.